The van der Waals surface area contributed by atoms with E-state index in [0.717, 1.165) is 32.3 Å². The number of rotatable bonds is 6. The smallest absolute Gasteiger partial charge is 0.339 e. The van der Waals surface area contributed by atoms with E-state index in [1.54, 1.807) is 0 Å². The molecule has 0 aromatic carbocycles. The van der Waals surface area contributed by atoms with Crippen LogP contribution in [0.5, 0.6) is 0 Å². The molecule has 1 saturated heterocycles. The van der Waals surface area contributed by atoms with E-state index in [1.807, 2.05) is 0 Å². The average Bonchev–Trinajstić information content (AvgIpc) is 2.53. The molecule has 21 heavy (non-hydrogen) atoms. The maximum atomic E-state index is 11.1. The Hall–Kier alpha value is -1.53. The van der Waals surface area contributed by atoms with E-state index in [-0.39, 0.29) is 11.2 Å². The summed E-state index contributed by atoms with van der Waals surface area (Å²) in [6.45, 7) is 5.49. The maximum absolute atomic E-state index is 11.1. The molecule has 6 heteroatoms. The largest absolute Gasteiger partial charge is 0.478 e. The summed E-state index contributed by atoms with van der Waals surface area (Å²) in [5.74, 6) is -0.990. The van der Waals surface area contributed by atoms with Crippen LogP contribution in [0.1, 0.15) is 55.6 Å². The van der Waals surface area contributed by atoms with E-state index in [4.69, 9.17) is 9.84 Å². The van der Waals surface area contributed by atoms with Crippen LogP contribution in [-0.2, 0) is 11.3 Å². The zero-order chi connectivity index (χ0) is 15.3. The molecule has 2 N–H and O–H groups in total. The molecular weight excluding hydrogens is 270 g/mol. The lowest BCUT2D eigenvalue weighted by molar-refractivity contribution is -0.0932. The highest BCUT2D eigenvalue weighted by Crippen LogP contribution is 2.31. The Kier molecular flexibility index (Phi) is 5.25. The second-order valence-corrected chi connectivity index (χ2v) is 5.50. The van der Waals surface area contributed by atoms with Crippen molar-refractivity contribution < 1.29 is 14.6 Å². The molecule has 0 radical (unpaired) electrons. The van der Waals surface area contributed by atoms with Crippen molar-refractivity contribution in [1.82, 2.24) is 15.3 Å². The molecule has 1 aliphatic heterocycles. The summed E-state index contributed by atoms with van der Waals surface area (Å²) in [7, 11) is 0. The minimum atomic E-state index is -0.990. The number of carboxylic acids is 1. The van der Waals surface area contributed by atoms with Crippen molar-refractivity contribution in [3.8, 4) is 0 Å². The van der Waals surface area contributed by atoms with E-state index < -0.39 is 5.97 Å². The van der Waals surface area contributed by atoms with Gasteiger partial charge in [0.25, 0.3) is 0 Å². The first kappa shape index (κ1) is 15.9. The van der Waals surface area contributed by atoms with Gasteiger partial charge in [0.05, 0.1) is 11.3 Å². The lowest BCUT2D eigenvalue weighted by Gasteiger charge is -2.40. The molecule has 0 spiro atoms. The molecule has 2 heterocycles. The van der Waals surface area contributed by atoms with Gasteiger partial charge in [0.2, 0.25) is 0 Å². The highest BCUT2D eigenvalue weighted by atomic mass is 16.5. The van der Waals surface area contributed by atoms with Crippen molar-refractivity contribution in [2.45, 2.75) is 57.7 Å². The number of carboxylic acid groups (broad SMARTS) is 1. The predicted molar refractivity (Wildman–Crippen MR) is 78.1 cm³/mol. The van der Waals surface area contributed by atoms with Crippen LogP contribution >= 0.6 is 0 Å². The first-order valence-electron chi connectivity index (χ1n) is 7.49. The van der Waals surface area contributed by atoms with Crippen LogP contribution in [0.2, 0.25) is 0 Å². The van der Waals surface area contributed by atoms with Gasteiger partial charge in [-0.3, -0.25) is 0 Å². The molecule has 0 saturated carbocycles. The Morgan fingerprint density at radius 1 is 1.52 bits per heavy atom. The summed E-state index contributed by atoms with van der Waals surface area (Å²) >= 11 is 0. The number of nitrogens with one attached hydrogen (secondary N) is 1. The summed E-state index contributed by atoms with van der Waals surface area (Å²) in [6, 6.07) is 0.329. The molecule has 116 valence electrons. The second-order valence-electron chi connectivity index (χ2n) is 5.50. The number of carbonyl (C=O) groups is 1. The molecule has 1 fully saturated rings. The Morgan fingerprint density at radius 2 is 2.29 bits per heavy atom. The van der Waals surface area contributed by atoms with Crippen LogP contribution < -0.4 is 5.32 Å². The predicted octanol–water partition coefficient (Wildman–Crippen LogP) is 2.00. The fourth-order valence-electron chi connectivity index (χ4n) is 2.86. The molecule has 1 aliphatic rings. The molecular formula is C15H23N3O3. The zero-order valence-electron chi connectivity index (χ0n) is 12.6. The van der Waals surface area contributed by atoms with Gasteiger partial charge < -0.3 is 15.2 Å². The van der Waals surface area contributed by atoms with Gasteiger partial charge in [-0.25, -0.2) is 14.8 Å². The third kappa shape index (κ3) is 3.77. The first-order valence-corrected chi connectivity index (χ1v) is 7.49. The SMILES string of the molecule is CCC1(CC)CC(NCc2ncncc2C(=O)O)CCO1. The lowest BCUT2D eigenvalue weighted by Crippen LogP contribution is -2.46. The first-order chi connectivity index (χ1) is 10.1. The minimum Gasteiger partial charge on any atom is -0.478 e. The van der Waals surface area contributed by atoms with Crippen molar-refractivity contribution >= 4 is 5.97 Å². The van der Waals surface area contributed by atoms with Crippen LogP contribution in [0.15, 0.2) is 12.5 Å². The van der Waals surface area contributed by atoms with Crippen LogP contribution in [0.25, 0.3) is 0 Å². The van der Waals surface area contributed by atoms with Gasteiger partial charge in [0.1, 0.15) is 11.9 Å². The normalized spacial score (nSPS) is 21.1. The Labute approximate surface area is 124 Å². The van der Waals surface area contributed by atoms with Crippen LogP contribution in [0.4, 0.5) is 0 Å². The molecule has 1 aromatic heterocycles. The summed E-state index contributed by atoms with van der Waals surface area (Å²) in [5.41, 5.74) is 0.647. The number of nitrogens with zero attached hydrogens (tertiary/aromatic N) is 2. The second kappa shape index (κ2) is 6.95. The fourth-order valence-corrected chi connectivity index (χ4v) is 2.86. The van der Waals surface area contributed by atoms with E-state index in [2.05, 4.69) is 29.1 Å². The van der Waals surface area contributed by atoms with Crippen LogP contribution in [0, 0.1) is 0 Å². The van der Waals surface area contributed by atoms with Crippen molar-refractivity contribution in [2.24, 2.45) is 0 Å². The molecule has 1 unspecified atom stereocenters. The highest BCUT2D eigenvalue weighted by Gasteiger charge is 2.34. The van der Waals surface area contributed by atoms with Gasteiger partial charge >= 0.3 is 5.97 Å². The monoisotopic (exact) mass is 293 g/mol. The van der Waals surface area contributed by atoms with Crippen molar-refractivity contribution in [2.75, 3.05) is 6.61 Å². The Bertz CT molecular complexity index is 489. The van der Waals surface area contributed by atoms with E-state index in [0.29, 0.717) is 18.3 Å². The quantitative estimate of drug-likeness (QED) is 0.834. The van der Waals surface area contributed by atoms with E-state index in [1.165, 1.54) is 12.5 Å². The van der Waals surface area contributed by atoms with Gasteiger partial charge in [-0.15, -0.1) is 0 Å². The van der Waals surface area contributed by atoms with Gasteiger partial charge in [0, 0.05) is 25.4 Å². The van der Waals surface area contributed by atoms with Gasteiger partial charge in [-0.05, 0) is 25.7 Å². The molecule has 6 nitrogen and oxygen atoms in total. The minimum absolute atomic E-state index is 0.0444. The summed E-state index contributed by atoms with van der Waals surface area (Å²) in [5, 5.41) is 12.6. The number of hydrogen-bond acceptors (Lipinski definition) is 5. The van der Waals surface area contributed by atoms with Crippen molar-refractivity contribution in [3.05, 3.63) is 23.8 Å². The number of aromatic carboxylic acids is 1. The standard InChI is InChI=1S/C15H23N3O3/c1-3-15(4-2)7-11(5-6-21-15)17-9-13-12(14(19)20)8-16-10-18-13/h8,10-11,17H,3-7,9H2,1-2H3,(H,19,20). The van der Waals surface area contributed by atoms with Crippen molar-refractivity contribution in [1.29, 1.82) is 0 Å². The number of hydrogen-bond donors (Lipinski definition) is 2. The zero-order valence-corrected chi connectivity index (χ0v) is 12.6. The van der Waals surface area contributed by atoms with Crippen LogP contribution in [-0.4, -0.2) is 39.3 Å². The number of aromatic nitrogens is 2. The fraction of sp³-hybridized carbons (Fsp3) is 0.667. The number of ether oxygens (including phenoxy) is 1. The van der Waals surface area contributed by atoms with E-state index >= 15 is 0 Å². The van der Waals surface area contributed by atoms with Gasteiger partial charge in [-0.2, -0.15) is 0 Å². The maximum Gasteiger partial charge on any atom is 0.339 e. The topological polar surface area (TPSA) is 84.3 Å². The molecule has 1 atom stereocenters. The Balaban J connectivity index is 1.99. The summed E-state index contributed by atoms with van der Waals surface area (Å²) in [6.07, 6.45) is 6.61. The molecule has 0 bridgehead atoms. The van der Waals surface area contributed by atoms with E-state index in [9.17, 15) is 4.79 Å². The third-order valence-electron chi connectivity index (χ3n) is 4.37. The Morgan fingerprint density at radius 3 is 2.95 bits per heavy atom. The molecule has 0 amide bonds. The summed E-state index contributed by atoms with van der Waals surface area (Å²) in [4.78, 5) is 19.0. The summed E-state index contributed by atoms with van der Waals surface area (Å²) < 4.78 is 5.95. The molecule has 2 rings (SSSR count). The van der Waals surface area contributed by atoms with Gasteiger partial charge in [0.15, 0.2) is 0 Å². The molecule has 1 aromatic rings. The highest BCUT2D eigenvalue weighted by molar-refractivity contribution is 5.88. The van der Waals surface area contributed by atoms with Crippen LogP contribution in [0.3, 0.4) is 0 Å². The molecule has 0 aliphatic carbocycles. The average molecular weight is 293 g/mol. The van der Waals surface area contributed by atoms with Crippen molar-refractivity contribution in [3.63, 3.8) is 0 Å². The van der Waals surface area contributed by atoms with Gasteiger partial charge in [-0.1, -0.05) is 13.8 Å². The third-order valence-corrected chi connectivity index (χ3v) is 4.37. The lowest BCUT2D eigenvalue weighted by atomic mass is 9.86.